The van der Waals surface area contributed by atoms with E-state index in [0.717, 1.165) is 39.2 Å². The average molecular weight is 629 g/mol. The number of rotatable bonds is 7. The van der Waals surface area contributed by atoms with Crippen molar-refractivity contribution >= 4 is 21.8 Å². The monoisotopic (exact) mass is 628 g/mol. The van der Waals surface area contributed by atoms with Gasteiger partial charge < -0.3 is 0 Å². The topological polar surface area (TPSA) is 35.6 Å². The van der Waals surface area contributed by atoms with Crippen molar-refractivity contribution in [1.82, 2.24) is 19.3 Å². The number of nitrogens with zero attached hydrogens (tertiary/aromatic N) is 4. The van der Waals surface area contributed by atoms with E-state index in [9.17, 15) is 0 Å². The van der Waals surface area contributed by atoms with E-state index in [1.165, 1.54) is 33.0 Å². The van der Waals surface area contributed by atoms with Crippen molar-refractivity contribution in [3.05, 3.63) is 188 Å². The summed E-state index contributed by atoms with van der Waals surface area (Å²) in [5.41, 5.74) is 11.5. The van der Waals surface area contributed by atoms with Crippen LogP contribution in [-0.2, 0) is 6.54 Å². The van der Waals surface area contributed by atoms with Gasteiger partial charge in [-0.05, 0) is 39.4 Å². The highest BCUT2D eigenvalue weighted by atomic mass is 15.4. The Labute approximate surface area is 285 Å². The van der Waals surface area contributed by atoms with Crippen LogP contribution in [0.2, 0.25) is 0 Å². The molecular formula is C45H32N4. The lowest BCUT2D eigenvalue weighted by Crippen LogP contribution is -2.10. The molecule has 0 N–H and O–H groups in total. The van der Waals surface area contributed by atoms with Gasteiger partial charge in [-0.1, -0.05) is 176 Å². The fourth-order valence-electron chi connectivity index (χ4n) is 6.85. The zero-order valence-electron chi connectivity index (χ0n) is 26.8. The molecule has 0 saturated carbocycles. The first-order chi connectivity index (χ1) is 24.3. The summed E-state index contributed by atoms with van der Waals surface area (Å²) in [5, 5.41) is 7.53. The molecule has 0 amide bonds. The van der Waals surface area contributed by atoms with E-state index >= 15 is 0 Å². The van der Waals surface area contributed by atoms with Crippen LogP contribution in [0.1, 0.15) is 5.56 Å². The maximum atomic E-state index is 5.29. The molecule has 9 aromatic rings. The zero-order chi connectivity index (χ0) is 32.6. The van der Waals surface area contributed by atoms with Crippen LogP contribution in [0.25, 0.3) is 72.5 Å². The minimum absolute atomic E-state index is 0.576. The van der Waals surface area contributed by atoms with Crippen LogP contribution in [0.5, 0.6) is 0 Å². The van der Waals surface area contributed by atoms with E-state index in [4.69, 9.17) is 10.1 Å². The van der Waals surface area contributed by atoms with Gasteiger partial charge in [-0.25, -0.2) is 4.68 Å². The van der Waals surface area contributed by atoms with Gasteiger partial charge in [0.25, 0.3) is 0 Å². The summed E-state index contributed by atoms with van der Waals surface area (Å²) in [4.78, 5) is 5.29. The number of hydrogen-bond acceptors (Lipinski definition) is 2. The average Bonchev–Trinajstić information content (AvgIpc) is 3.75. The molecule has 0 bridgehead atoms. The minimum atomic E-state index is 0.576. The number of aromatic nitrogens is 4. The first-order valence-electron chi connectivity index (χ1n) is 16.6. The van der Waals surface area contributed by atoms with Gasteiger partial charge in [-0.3, -0.25) is 4.57 Å². The normalized spacial score (nSPS) is 11.3. The van der Waals surface area contributed by atoms with Gasteiger partial charge in [-0.15, -0.1) is 5.10 Å². The van der Waals surface area contributed by atoms with E-state index in [1.54, 1.807) is 0 Å². The Morgan fingerprint density at radius 1 is 0.408 bits per heavy atom. The molecule has 0 spiro atoms. The zero-order valence-corrected chi connectivity index (χ0v) is 26.8. The number of hydrogen-bond donors (Lipinski definition) is 0. The Kier molecular flexibility index (Phi) is 7.17. The summed E-state index contributed by atoms with van der Waals surface area (Å²) in [7, 11) is 0. The molecule has 0 saturated heterocycles. The molecule has 2 heterocycles. The van der Waals surface area contributed by atoms with E-state index < -0.39 is 0 Å². The van der Waals surface area contributed by atoms with Crippen molar-refractivity contribution < 1.29 is 0 Å². The largest absolute Gasteiger partial charge is 0.277 e. The maximum absolute atomic E-state index is 5.29. The molecule has 7 aromatic carbocycles. The van der Waals surface area contributed by atoms with Crippen molar-refractivity contribution in [2.75, 3.05) is 0 Å². The highest BCUT2D eigenvalue weighted by Gasteiger charge is 2.22. The van der Waals surface area contributed by atoms with Gasteiger partial charge in [0.1, 0.15) is 0 Å². The van der Waals surface area contributed by atoms with Crippen LogP contribution in [-0.4, -0.2) is 19.3 Å². The van der Waals surface area contributed by atoms with Crippen molar-refractivity contribution in [1.29, 1.82) is 0 Å². The molecule has 4 nitrogen and oxygen atoms in total. The van der Waals surface area contributed by atoms with E-state index in [-0.39, 0.29) is 0 Å². The number of benzene rings is 7. The van der Waals surface area contributed by atoms with Crippen molar-refractivity contribution in [2.45, 2.75) is 6.54 Å². The first kappa shape index (κ1) is 28.7. The van der Waals surface area contributed by atoms with Gasteiger partial charge >= 0.3 is 0 Å². The van der Waals surface area contributed by atoms with Crippen molar-refractivity contribution in [3.8, 4) is 50.7 Å². The number of fused-ring (bicyclic) bond motifs is 3. The van der Waals surface area contributed by atoms with Gasteiger partial charge in [-0.2, -0.15) is 4.98 Å². The third kappa shape index (κ3) is 5.30. The van der Waals surface area contributed by atoms with E-state index in [1.807, 2.05) is 24.3 Å². The molecule has 49 heavy (non-hydrogen) atoms. The van der Waals surface area contributed by atoms with Crippen LogP contribution in [0.3, 0.4) is 0 Å². The Morgan fingerprint density at radius 3 is 1.57 bits per heavy atom. The molecule has 0 radical (unpaired) electrons. The Morgan fingerprint density at radius 2 is 0.918 bits per heavy atom. The second-order valence-corrected chi connectivity index (χ2v) is 12.3. The molecule has 0 aliphatic carbocycles. The fraction of sp³-hybridized carbons (Fsp3) is 0.0222. The molecular weight excluding hydrogens is 597 g/mol. The summed E-state index contributed by atoms with van der Waals surface area (Å²) in [6, 6.07) is 64.1. The SMILES string of the molecule is c1ccc(-c2ccc(Cn3nc(-c4ccccc4)nc3-n3c4ccccc4c4cccc(-c5ccc(-c6ccccc6)cc5)c43)cc2)cc1. The van der Waals surface area contributed by atoms with Gasteiger partial charge in [0.15, 0.2) is 5.82 Å². The molecule has 4 heteroatoms. The molecule has 0 aliphatic rings. The number of para-hydroxylation sites is 2. The lowest BCUT2D eigenvalue weighted by molar-refractivity contribution is 0.667. The Hall–Kier alpha value is -6.52. The van der Waals surface area contributed by atoms with Gasteiger partial charge in [0.05, 0.1) is 17.6 Å². The highest BCUT2D eigenvalue weighted by Crippen LogP contribution is 2.38. The third-order valence-corrected chi connectivity index (χ3v) is 9.28. The van der Waals surface area contributed by atoms with Crippen molar-refractivity contribution in [3.63, 3.8) is 0 Å². The lowest BCUT2D eigenvalue weighted by Gasteiger charge is -2.13. The van der Waals surface area contributed by atoms with Crippen LogP contribution in [0.4, 0.5) is 0 Å². The molecule has 232 valence electrons. The third-order valence-electron chi connectivity index (χ3n) is 9.28. The lowest BCUT2D eigenvalue weighted by atomic mass is 9.98. The molecule has 0 atom stereocenters. The van der Waals surface area contributed by atoms with Crippen molar-refractivity contribution in [2.24, 2.45) is 0 Å². The summed E-state index contributed by atoms with van der Waals surface area (Å²) in [6.07, 6.45) is 0. The predicted molar refractivity (Wildman–Crippen MR) is 202 cm³/mol. The fourth-order valence-corrected chi connectivity index (χ4v) is 6.85. The summed E-state index contributed by atoms with van der Waals surface area (Å²) in [6.45, 7) is 0.576. The quantitative estimate of drug-likeness (QED) is 0.176. The molecule has 0 aliphatic heterocycles. The second kappa shape index (κ2) is 12.3. The van der Waals surface area contributed by atoms with E-state index in [2.05, 4.69) is 167 Å². The maximum Gasteiger partial charge on any atom is 0.234 e. The molecule has 0 fully saturated rings. The predicted octanol–water partition coefficient (Wildman–Crippen LogP) is 11.1. The Bertz CT molecular complexity index is 2530. The van der Waals surface area contributed by atoms with Gasteiger partial charge in [0.2, 0.25) is 5.95 Å². The smallest absolute Gasteiger partial charge is 0.234 e. The first-order valence-corrected chi connectivity index (χ1v) is 16.6. The molecule has 2 aromatic heterocycles. The van der Waals surface area contributed by atoms with Gasteiger partial charge in [0, 0.05) is 21.9 Å². The van der Waals surface area contributed by atoms with E-state index in [0.29, 0.717) is 12.4 Å². The minimum Gasteiger partial charge on any atom is -0.277 e. The molecule has 9 rings (SSSR count). The second-order valence-electron chi connectivity index (χ2n) is 12.3. The summed E-state index contributed by atoms with van der Waals surface area (Å²) >= 11 is 0. The van der Waals surface area contributed by atoms with Crippen LogP contribution < -0.4 is 0 Å². The van der Waals surface area contributed by atoms with Crippen LogP contribution in [0, 0.1) is 0 Å². The summed E-state index contributed by atoms with van der Waals surface area (Å²) < 4.78 is 4.36. The highest BCUT2D eigenvalue weighted by molar-refractivity contribution is 6.13. The van der Waals surface area contributed by atoms with Crippen LogP contribution >= 0.6 is 0 Å². The Balaban J connectivity index is 1.22. The molecule has 0 unspecified atom stereocenters. The standard InChI is InChI=1S/C45H32N4/c1-4-13-33(14-5-1)35-25-23-32(24-26-35)31-48-45(46-44(47-48)38-17-8-3-9-18-38)49-42-22-11-10-19-40(42)41-21-12-20-39(43(41)49)37-29-27-36(28-30-37)34-15-6-2-7-16-34/h1-30H,31H2. The summed E-state index contributed by atoms with van der Waals surface area (Å²) in [5.74, 6) is 1.48. The van der Waals surface area contributed by atoms with Crippen LogP contribution in [0.15, 0.2) is 182 Å².